The molecule has 1 aromatic heterocycles. The highest BCUT2D eigenvalue weighted by atomic mass is 16.5. The summed E-state index contributed by atoms with van der Waals surface area (Å²) in [5.41, 5.74) is 7.25. The molecule has 0 bridgehead atoms. The molecule has 0 aliphatic rings. The first-order valence-corrected chi connectivity index (χ1v) is 4.92. The van der Waals surface area contributed by atoms with E-state index in [-0.39, 0.29) is 17.9 Å². The molecule has 1 amide bonds. The second-order valence-electron chi connectivity index (χ2n) is 3.86. The lowest BCUT2D eigenvalue weighted by Gasteiger charge is -2.13. The lowest BCUT2D eigenvalue weighted by Crippen LogP contribution is -2.34. The number of carbonyl (C=O) groups is 1. The molecular weight excluding hydrogens is 194 g/mol. The van der Waals surface area contributed by atoms with E-state index in [1.807, 2.05) is 13.8 Å². The maximum absolute atomic E-state index is 11.6. The Hall–Kier alpha value is -1.36. The smallest absolute Gasteiger partial charge is 0.234 e. The number of hydrogen-bond acceptors (Lipinski definition) is 4. The molecule has 15 heavy (non-hydrogen) atoms. The summed E-state index contributed by atoms with van der Waals surface area (Å²) in [7, 11) is 0. The Morgan fingerprint density at radius 2 is 2.07 bits per heavy atom. The van der Waals surface area contributed by atoms with Gasteiger partial charge in [0.2, 0.25) is 11.8 Å². The number of carbonyl (C=O) groups excluding carboxylic acids is 1. The van der Waals surface area contributed by atoms with Crippen molar-refractivity contribution < 1.29 is 9.32 Å². The predicted octanol–water partition coefficient (Wildman–Crippen LogP) is 1.21. The molecule has 0 saturated carbocycles. The molecular formula is C10H17N3O2. The summed E-state index contributed by atoms with van der Waals surface area (Å²) in [4.78, 5) is 11.6. The van der Waals surface area contributed by atoms with E-state index < -0.39 is 0 Å². The highest BCUT2D eigenvalue weighted by molar-refractivity contribution is 5.92. The molecule has 0 aromatic carbocycles. The van der Waals surface area contributed by atoms with Gasteiger partial charge in [0.1, 0.15) is 0 Å². The SMILES string of the molecule is Cc1noc(NC(=O)C(C)C(C)N)c1C. The number of aryl methyl sites for hydroxylation is 1. The van der Waals surface area contributed by atoms with E-state index in [1.165, 1.54) is 0 Å². The average Bonchev–Trinajstić information content (AvgIpc) is 2.48. The normalized spacial score (nSPS) is 14.7. The van der Waals surface area contributed by atoms with Crippen LogP contribution in [0.3, 0.4) is 0 Å². The molecule has 0 spiro atoms. The number of anilines is 1. The van der Waals surface area contributed by atoms with Gasteiger partial charge in [0, 0.05) is 11.6 Å². The van der Waals surface area contributed by atoms with Crippen LogP contribution in [0.15, 0.2) is 4.52 Å². The van der Waals surface area contributed by atoms with E-state index >= 15 is 0 Å². The van der Waals surface area contributed by atoms with E-state index in [0.717, 1.165) is 11.3 Å². The Morgan fingerprint density at radius 1 is 1.47 bits per heavy atom. The molecule has 3 N–H and O–H groups in total. The average molecular weight is 211 g/mol. The summed E-state index contributed by atoms with van der Waals surface area (Å²) in [6.45, 7) is 7.24. The zero-order valence-corrected chi connectivity index (χ0v) is 9.50. The van der Waals surface area contributed by atoms with Gasteiger partial charge in [-0.2, -0.15) is 0 Å². The fourth-order valence-electron chi connectivity index (χ4n) is 0.996. The number of amides is 1. The number of nitrogens with zero attached hydrogens (tertiary/aromatic N) is 1. The van der Waals surface area contributed by atoms with Gasteiger partial charge in [-0.25, -0.2) is 0 Å². The van der Waals surface area contributed by atoms with Crippen LogP contribution in [0.5, 0.6) is 0 Å². The minimum Gasteiger partial charge on any atom is -0.338 e. The highest BCUT2D eigenvalue weighted by Crippen LogP contribution is 2.18. The Kier molecular flexibility index (Phi) is 3.47. The maximum Gasteiger partial charge on any atom is 0.234 e. The molecule has 0 fully saturated rings. The van der Waals surface area contributed by atoms with Crippen molar-refractivity contribution in [1.82, 2.24) is 5.16 Å². The molecule has 1 rings (SSSR count). The van der Waals surface area contributed by atoms with Crippen LogP contribution in [0, 0.1) is 19.8 Å². The van der Waals surface area contributed by atoms with Crippen LogP contribution in [0.2, 0.25) is 0 Å². The molecule has 1 heterocycles. The quantitative estimate of drug-likeness (QED) is 0.787. The second kappa shape index (κ2) is 4.44. The molecule has 0 aliphatic heterocycles. The van der Waals surface area contributed by atoms with Crippen molar-refractivity contribution in [1.29, 1.82) is 0 Å². The molecule has 5 nitrogen and oxygen atoms in total. The number of aromatic nitrogens is 1. The third kappa shape index (κ3) is 2.56. The van der Waals surface area contributed by atoms with Crippen LogP contribution >= 0.6 is 0 Å². The lowest BCUT2D eigenvalue weighted by atomic mass is 10.0. The summed E-state index contributed by atoms with van der Waals surface area (Å²) in [6.07, 6.45) is 0. The monoisotopic (exact) mass is 211 g/mol. The van der Waals surface area contributed by atoms with E-state index in [9.17, 15) is 4.79 Å². The molecule has 2 unspecified atom stereocenters. The molecule has 84 valence electrons. The van der Waals surface area contributed by atoms with Crippen molar-refractivity contribution in [3.8, 4) is 0 Å². The van der Waals surface area contributed by atoms with Crippen molar-refractivity contribution in [2.24, 2.45) is 11.7 Å². The minimum absolute atomic E-state index is 0.149. The summed E-state index contributed by atoms with van der Waals surface area (Å²) >= 11 is 0. The van der Waals surface area contributed by atoms with Crippen molar-refractivity contribution in [3.05, 3.63) is 11.3 Å². The number of nitrogens with one attached hydrogen (secondary N) is 1. The lowest BCUT2D eigenvalue weighted by molar-refractivity contribution is -0.119. The molecule has 5 heteroatoms. The van der Waals surface area contributed by atoms with Crippen molar-refractivity contribution in [2.45, 2.75) is 33.7 Å². The molecule has 0 radical (unpaired) electrons. The minimum atomic E-state index is -0.255. The standard InChI is InChI=1S/C10H17N3O2/c1-5(7(3)11)9(14)12-10-6(2)8(4)13-15-10/h5,7H,11H2,1-4H3,(H,12,14). The van der Waals surface area contributed by atoms with Crippen LogP contribution in [-0.2, 0) is 4.79 Å². The van der Waals surface area contributed by atoms with Gasteiger partial charge in [0.15, 0.2) is 0 Å². The first-order chi connectivity index (χ1) is 6.93. The van der Waals surface area contributed by atoms with Gasteiger partial charge >= 0.3 is 0 Å². The van der Waals surface area contributed by atoms with E-state index in [2.05, 4.69) is 10.5 Å². The highest BCUT2D eigenvalue weighted by Gasteiger charge is 2.19. The van der Waals surface area contributed by atoms with Gasteiger partial charge < -0.3 is 10.3 Å². The second-order valence-corrected chi connectivity index (χ2v) is 3.86. The van der Waals surface area contributed by atoms with Gasteiger partial charge in [0.05, 0.1) is 11.6 Å². The van der Waals surface area contributed by atoms with Crippen LogP contribution < -0.4 is 11.1 Å². The number of rotatable bonds is 3. The number of nitrogens with two attached hydrogens (primary N) is 1. The fraction of sp³-hybridized carbons (Fsp3) is 0.600. The Labute approximate surface area is 89.0 Å². The third-order valence-electron chi connectivity index (χ3n) is 2.60. The summed E-state index contributed by atoms with van der Waals surface area (Å²) < 4.78 is 4.97. The zero-order valence-electron chi connectivity index (χ0n) is 9.50. The van der Waals surface area contributed by atoms with E-state index in [1.54, 1.807) is 13.8 Å². The van der Waals surface area contributed by atoms with Gasteiger partial charge in [-0.15, -0.1) is 0 Å². The van der Waals surface area contributed by atoms with Crippen molar-refractivity contribution in [3.63, 3.8) is 0 Å². The van der Waals surface area contributed by atoms with Crippen LogP contribution in [0.4, 0.5) is 5.88 Å². The molecule has 2 atom stereocenters. The van der Waals surface area contributed by atoms with E-state index in [0.29, 0.717) is 5.88 Å². The van der Waals surface area contributed by atoms with Crippen LogP contribution in [0.25, 0.3) is 0 Å². The summed E-state index contributed by atoms with van der Waals surface area (Å²) in [5, 5.41) is 6.42. The Bertz CT molecular complexity index is 358. The van der Waals surface area contributed by atoms with Gasteiger partial charge in [-0.1, -0.05) is 12.1 Å². The van der Waals surface area contributed by atoms with Crippen molar-refractivity contribution >= 4 is 11.8 Å². The Morgan fingerprint density at radius 3 is 2.47 bits per heavy atom. The van der Waals surface area contributed by atoms with Gasteiger partial charge in [-0.05, 0) is 20.8 Å². The predicted molar refractivity (Wildman–Crippen MR) is 57.4 cm³/mol. The van der Waals surface area contributed by atoms with Gasteiger partial charge in [-0.3, -0.25) is 10.1 Å². The molecule has 0 saturated heterocycles. The third-order valence-corrected chi connectivity index (χ3v) is 2.60. The van der Waals surface area contributed by atoms with Gasteiger partial charge in [0.25, 0.3) is 0 Å². The topological polar surface area (TPSA) is 81.2 Å². The van der Waals surface area contributed by atoms with Crippen LogP contribution in [0.1, 0.15) is 25.1 Å². The maximum atomic E-state index is 11.6. The fourth-order valence-corrected chi connectivity index (χ4v) is 0.996. The Balaban J connectivity index is 2.71. The first-order valence-electron chi connectivity index (χ1n) is 4.92. The van der Waals surface area contributed by atoms with Crippen LogP contribution in [-0.4, -0.2) is 17.1 Å². The summed E-state index contributed by atoms with van der Waals surface area (Å²) in [5.74, 6) is 0.00376. The van der Waals surface area contributed by atoms with Crippen molar-refractivity contribution in [2.75, 3.05) is 5.32 Å². The zero-order chi connectivity index (χ0) is 11.6. The van der Waals surface area contributed by atoms with E-state index in [4.69, 9.17) is 10.3 Å². The molecule has 0 aliphatic carbocycles. The first kappa shape index (κ1) is 11.7. The largest absolute Gasteiger partial charge is 0.338 e. The number of hydrogen-bond donors (Lipinski definition) is 2. The molecule has 1 aromatic rings. The summed E-state index contributed by atoms with van der Waals surface area (Å²) in [6, 6.07) is -0.186.